The van der Waals surface area contributed by atoms with Crippen LogP contribution in [0.4, 0.5) is 5.69 Å². The highest BCUT2D eigenvalue weighted by Crippen LogP contribution is 2.35. The van der Waals surface area contributed by atoms with Crippen molar-refractivity contribution in [3.05, 3.63) is 29.8 Å². The molecule has 2 heteroatoms. The molecule has 2 N–H and O–H groups in total. The summed E-state index contributed by atoms with van der Waals surface area (Å²) in [6, 6.07) is 9.30. The van der Waals surface area contributed by atoms with Gasteiger partial charge in [-0.3, -0.25) is 0 Å². The van der Waals surface area contributed by atoms with Crippen molar-refractivity contribution in [2.75, 3.05) is 18.8 Å². The van der Waals surface area contributed by atoms with Crippen LogP contribution in [0.15, 0.2) is 24.3 Å². The van der Waals surface area contributed by atoms with Gasteiger partial charge in [-0.05, 0) is 75.2 Å². The van der Waals surface area contributed by atoms with Gasteiger partial charge in [0, 0.05) is 11.7 Å². The van der Waals surface area contributed by atoms with Gasteiger partial charge in [-0.15, -0.1) is 0 Å². The molecule has 1 saturated carbocycles. The summed E-state index contributed by atoms with van der Waals surface area (Å²) in [6.45, 7) is 2.62. The molecule has 0 unspecified atom stereocenters. The number of nitrogens with two attached hydrogens (primary N) is 1. The van der Waals surface area contributed by atoms with E-state index in [9.17, 15) is 0 Å². The molecule has 3 rings (SSSR count). The van der Waals surface area contributed by atoms with Crippen molar-refractivity contribution in [1.82, 2.24) is 4.90 Å². The van der Waals surface area contributed by atoms with Gasteiger partial charge >= 0.3 is 0 Å². The zero-order valence-electron chi connectivity index (χ0n) is 12.6. The Morgan fingerprint density at radius 1 is 1.00 bits per heavy atom. The fourth-order valence-electron chi connectivity index (χ4n) is 4.18. The average molecular weight is 272 g/mol. The first-order chi connectivity index (χ1) is 9.83. The van der Waals surface area contributed by atoms with Crippen LogP contribution in [0.5, 0.6) is 0 Å². The van der Waals surface area contributed by atoms with Gasteiger partial charge in [-0.25, -0.2) is 0 Å². The van der Waals surface area contributed by atoms with E-state index in [0.29, 0.717) is 0 Å². The van der Waals surface area contributed by atoms with Crippen LogP contribution in [0.25, 0.3) is 0 Å². The lowest BCUT2D eigenvalue weighted by Crippen LogP contribution is -2.47. The largest absolute Gasteiger partial charge is 0.399 e. The second-order valence-electron chi connectivity index (χ2n) is 6.64. The molecule has 0 aromatic heterocycles. The summed E-state index contributed by atoms with van der Waals surface area (Å²) in [5.41, 5.74) is 8.03. The molecule has 1 aliphatic carbocycles. The highest BCUT2D eigenvalue weighted by atomic mass is 15.2. The Hall–Kier alpha value is -1.02. The minimum absolute atomic E-state index is 0.870. The third-order valence-electron chi connectivity index (χ3n) is 5.25. The van der Waals surface area contributed by atoms with Crippen LogP contribution in [-0.4, -0.2) is 24.0 Å². The van der Waals surface area contributed by atoms with E-state index in [2.05, 4.69) is 17.0 Å². The molecule has 0 bridgehead atoms. The maximum Gasteiger partial charge on any atom is 0.0314 e. The molecule has 0 amide bonds. The number of hydrogen-bond donors (Lipinski definition) is 1. The maximum atomic E-state index is 5.74. The Balaban J connectivity index is 1.48. The van der Waals surface area contributed by atoms with Crippen molar-refractivity contribution in [1.29, 1.82) is 0 Å². The number of benzene rings is 1. The van der Waals surface area contributed by atoms with Crippen molar-refractivity contribution in [2.24, 2.45) is 5.92 Å². The maximum absolute atomic E-state index is 5.74. The van der Waals surface area contributed by atoms with Crippen molar-refractivity contribution >= 4 is 5.69 Å². The molecule has 1 aromatic rings. The molecule has 1 heterocycles. The third-order valence-corrected chi connectivity index (χ3v) is 5.25. The van der Waals surface area contributed by atoms with Crippen molar-refractivity contribution in [2.45, 2.75) is 57.4 Å². The zero-order valence-corrected chi connectivity index (χ0v) is 12.6. The van der Waals surface area contributed by atoms with Crippen LogP contribution >= 0.6 is 0 Å². The molecular formula is C18H28N2. The minimum Gasteiger partial charge on any atom is -0.399 e. The number of anilines is 1. The van der Waals surface area contributed by atoms with Gasteiger partial charge in [0.05, 0.1) is 0 Å². The Labute approximate surface area is 123 Å². The fraction of sp³-hybridized carbons (Fsp3) is 0.667. The number of nitrogen functional groups attached to an aromatic ring is 1. The van der Waals surface area contributed by atoms with Crippen LogP contribution in [-0.2, 0) is 6.42 Å². The third kappa shape index (κ3) is 3.35. The summed E-state index contributed by atoms with van der Waals surface area (Å²) in [5, 5.41) is 0. The summed E-state index contributed by atoms with van der Waals surface area (Å²) in [7, 11) is 0. The standard InChI is InChI=1S/C18H28N2/c19-17-11-9-15(10-12-17)5-3-13-20-14-4-7-16-6-1-2-8-18(16)20/h9-12,16,18H,1-8,13-14,19H2/t16-,18-/m1/s1. The zero-order chi connectivity index (χ0) is 13.8. The number of rotatable bonds is 4. The summed E-state index contributed by atoms with van der Waals surface area (Å²) in [6.07, 6.45) is 11.2. The van der Waals surface area contributed by atoms with Crippen molar-refractivity contribution in [3.63, 3.8) is 0 Å². The highest BCUT2D eigenvalue weighted by Gasteiger charge is 2.32. The number of piperidine rings is 1. The number of fused-ring (bicyclic) bond motifs is 1. The van der Waals surface area contributed by atoms with Gasteiger partial charge in [-0.1, -0.05) is 25.0 Å². The number of nitrogens with zero attached hydrogens (tertiary/aromatic N) is 1. The van der Waals surface area contributed by atoms with E-state index in [4.69, 9.17) is 5.73 Å². The van der Waals surface area contributed by atoms with Crippen LogP contribution in [0, 0.1) is 5.92 Å². The summed E-state index contributed by atoms with van der Waals surface area (Å²) >= 11 is 0. The molecule has 20 heavy (non-hydrogen) atoms. The van der Waals surface area contributed by atoms with Gasteiger partial charge in [-0.2, -0.15) is 0 Å². The summed E-state index contributed by atoms with van der Waals surface area (Å²) < 4.78 is 0. The molecule has 1 saturated heterocycles. The van der Waals surface area contributed by atoms with E-state index in [-0.39, 0.29) is 0 Å². The van der Waals surface area contributed by atoms with E-state index in [1.54, 1.807) is 0 Å². The second-order valence-corrected chi connectivity index (χ2v) is 6.64. The molecule has 2 fully saturated rings. The number of aryl methyl sites for hydroxylation is 1. The topological polar surface area (TPSA) is 29.3 Å². The molecule has 0 radical (unpaired) electrons. The lowest BCUT2D eigenvalue weighted by molar-refractivity contribution is 0.0602. The van der Waals surface area contributed by atoms with E-state index in [1.165, 1.54) is 70.0 Å². The lowest BCUT2D eigenvalue weighted by atomic mass is 9.78. The van der Waals surface area contributed by atoms with E-state index >= 15 is 0 Å². The summed E-state index contributed by atoms with van der Waals surface area (Å²) in [5.74, 6) is 1.01. The smallest absolute Gasteiger partial charge is 0.0314 e. The SMILES string of the molecule is Nc1ccc(CCCN2CCC[C@H]3CCCC[C@H]32)cc1. The second kappa shape index (κ2) is 6.62. The van der Waals surface area contributed by atoms with Crippen LogP contribution < -0.4 is 5.73 Å². The number of likely N-dealkylation sites (tertiary alicyclic amines) is 1. The van der Waals surface area contributed by atoms with Crippen LogP contribution in [0.2, 0.25) is 0 Å². The van der Waals surface area contributed by atoms with Gasteiger partial charge in [0.25, 0.3) is 0 Å². The molecule has 1 aliphatic heterocycles. The minimum atomic E-state index is 0.870. The van der Waals surface area contributed by atoms with E-state index in [0.717, 1.165) is 17.6 Å². The first-order valence-electron chi connectivity index (χ1n) is 8.41. The molecule has 0 spiro atoms. The Bertz CT molecular complexity index is 410. The predicted molar refractivity (Wildman–Crippen MR) is 85.7 cm³/mol. The van der Waals surface area contributed by atoms with E-state index in [1.807, 2.05) is 12.1 Å². The molecular weight excluding hydrogens is 244 g/mol. The fourth-order valence-corrected chi connectivity index (χ4v) is 4.18. The first kappa shape index (κ1) is 13.9. The molecule has 2 atom stereocenters. The first-order valence-corrected chi connectivity index (χ1v) is 8.41. The monoisotopic (exact) mass is 272 g/mol. The van der Waals surface area contributed by atoms with Gasteiger partial charge in [0.1, 0.15) is 0 Å². The Kier molecular flexibility index (Phi) is 4.62. The van der Waals surface area contributed by atoms with E-state index < -0.39 is 0 Å². The van der Waals surface area contributed by atoms with Gasteiger partial charge in [0.15, 0.2) is 0 Å². The lowest BCUT2D eigenvalue weighted by Gasteiger charge is -2.44. The summed E-state index contributed by atoms with van der Waals surface area (Å²) in [4.78, 5) is 2.80. The molecule has 2 nitrogen and oxygen atoms in total. The molecule has 1 aromatic carbocycles. The Morgan fingerprint density at radius 2 is 1.75 bits per heavy atom. The van der Waals surface area contributed by atoms with Crippen LogP contribution in [0.1, 0.15) is 50.5 Å². The Morgan fingerprint density at radius 3 is 2.60 bits per heavy atom. The van der Waals surface area contributed by atoms with Crippen molar-refractivity contribution < 1.29 is 0 Å². The molecule has 2 aliphatic rings. The van der Waals surface area contributed by atoms with Crippen molar-refractivity contribution in [3.8, 4) is 0 Å². The average Bonchev–Trinajstić information content (AvgIpc) is 2.49. The quantitative estimate of drug-likeness (QED) is 0.843. The highest BCUT2D eigenvalue weighted by molar-refractivity contribution is 5.39. The normalized spacial score (nSPS) is 27.2. The predicted octanol–water partition coefficient (Wildman–Crippen LogP) is 3.86. The number of hydrogen-bond acceptors (Lipinski definition) is 2. The molecule has 110 valence electrons. The van der Waals surface area contributed by atoms with Gasteiger partial charge in [0.2, 0.25) is 0 Å². The van der Waals surface area contributed by atoms with Crippen LogP contribution in [0.3, 0.4) is 0 Å². The van der Waals surface area contributed by atoms with Gasteiger partial charge < -0.3 is 10.6 Å².